The van der Waals surface area contributed by atoms with Crippen molar-refractivity contribution in [1.29, 1.82) is 0 Å². The highest BCUT2D eigenvalue weighted by Gasteiger charge is 2.32. The molecule has 1 aliphatic rings. The van der Waals surface area contributed by atoms with Crippen LogP contribution in [0, 0.1) is 13.8 Å². The van der Waals surface area contributed by atoms with E-state index in [0.29, 0.717) is 24.5 Å². The first-order valence-electron chi connectivity index (χ1n) is 10.3. The van der Waals surface area contributed by atoms with Crippen molar-refractivity contribution in [2.45, 2.75) is 26.4 Å². The van der Waals surface area contributed by atoms with Gasteiger partial charge in [0.2, 0.25) is 0 Å². The fourth-order valence-corrected chi connectivity index (χ4v) is 4.23. The first kappa shape index (κ1) is 20.6. The highest BCUT2D eigenvalue weighted by atomic mass is 16.5. The van der Waals surface area contributed by atoms with E-state index in [1.807, 2.05) is 13.0 Å². The Morgan fingerprint density at radius 3 is 2.67 bits per heavy atom. The summed E-state index contributed by atoms with van der Waals surface area (Å²) in [5.41, 5.74) is 3.68. The summed E-state index contributed by atoms with van der Waals surface area (Å²) in [6.07, 6.45) is 0. The number of rotatable bonds is 6. The van der Waals surface area contributed by atoms with Crippen LogP contribution < -0.4 is 5.56 Å². The monoisotopic (exact) mass is 411 g/mol. The molecule has 3 aromatic rings. The number of aromatic amines is 1. The van der Waals surface area contributed by atoms with Crippen LogP contribution in [0.1, 0.15) is 28.6 Å². The molecular formula is C21H29N7O2. The Labute approximate surface area is 175 Å². The number of nitrogens with zero attached hydrogens (tertiary/aromatic N) is 6. The number of ether oxygens (including phenoxy) is 1. The van der Waals surface area contributed by atoms with Crippen LogP contribution in [0.5, 0.6) is 0 Å². The van der Waals surface area contributed by atoms with E-state index < -0.39 is 0 Å². The summed E-state index contributed by atoms with van der Waals surface area (Å²) in [6.45, 7) is 8.66. The highest BCUT2D eigenvalue weighted by Crippen LogP contribution is 2.28. The molecule has 9 nitrogen and oxygen atoms in total. The molecule has 4 rings (SSSR count). The second kappa shape index (κ2) is 8.63. The predicted molar refractivity (Wildman–Crippen MR) is 115 cm³/mol. The minimum Gasteiger partial charge on any atom is -0.383 e. The summed E-state index contributed by atoms with van der Waals surface area (Å²) in [5.74, 6) is 0.672. The van der Waals surface area contributed by atoms with Crippen molar-refractivity contribution >= 4 is 10.9 Å². The number of benzene rings is 1. The van der Waals surface area contributed by atoms with E-state index in [1.165, 1.54) is 5.56 Å². The average Bonchev–Trinajstić information content (AvgIpc) is 3.17. The lowest BCUT2D eigenvalue weighted by Crippen LogP contribution is -2.47. The summed E-state index contributed by atoms with van der Waals surface area (Å²) in [7, 11) is 3.77. The van der Waals surface area contributed by atoms with Crippen LogP contribution in [0.3, 0.4) is 0 Å². The van der Waals surface area contributed by atoms with Gasteiger partial charge in [0.05, 0.1) is 18.7 Å². The second-order valence-corrected chi connectivity index (χ2v) is 8.09. The molecule has 0 saturated carbocycles. The summed E-state index contributed by atoms with van der Waals surface area (Å²) in [5, 5.41) is 13.4. The number of H-pyrrole nitrogens is 1. The predicted octanol–water partition coefficient (Wildman–Crippen LogP) is 1.11. The summed E-state index contributed by atoms with van der Waals surface area (Å²) < 4.78 is 6.97. The van der Waals surface area contributed by atoms with Crippen LogP contribution >= 0.6 is 0 Å². The lowest BCUT2D eigenvalue weighted by atomic mass is 10.00. The zero-order chi connectivity index (χ0) is 21.3. The van der Waals surface area contributed by atoms with Crippen molar-refractivity contribution in [2.24, 2.45) is 0 Å². The van der Waals surface area contributed by atoms with Gasteiger partial charge in [0.25, 0.3) is 5.56 Å². The maximum Gasteiger partial charge on any atom is 0.253 e. The van der Waals surface area contributed by atoms with Gasteiger partial charge in [-0.15, -0.1) is 5.10 Å². The van der Waals surface area contributed by atoms with Gasteiger partial charge in [0, 0.05) is 38.9 Å². The van der Waals surface area contributed by atoms with Gasteiger partial charge in [0.1, 0.15) is 6.04 Å². The Balaban J connectivity index is 1.85. The van der Waals surface area contributed by atoms with Crippen LogP contribution in [0.15, 0.2) is 23.0 Å². The number of fused-ring (bicyclic) bond motifs is 1. The summed E-state index contributed by atoms with van der Waals surface area (Å²) >= 11 is 0. The van der Waals surface area contributed by atoms with Crippen LogP contribution in [-0.4, -0.2) is 81.9 Å². The number of piperazine rings is 1. The number of aromatic nitrogens is 5. The Kier molecular flexibility index (Phi) is 5.94. The fraction of sp³-hybridized carbons (Fsp3) is 0.524. The van der Waals surface area contributed by atoms with Crippen molar-refractivity contribution in [3.8, 4) is 0 Å². The molecule has 30 heavy (non-hydrogen) atoms. The zero-order valence-electron chi connectivity index (χ0n) is 18.1. The van der Waals surface area contributed by atoms with Gasteiger partial charge in [-0.1, -0.05) is 11.6 Å². The van der Waals surface area contributed by atoms with Crippen molar-refractivity contribution in [2.75, 3.05) is 46.9 Å². The van der Waals surface area contributed by atoms with Gasteiger partial charge in [-0.2, -0.15) is 0 Å². The lowest BCUT2D eigenvalue weighted by molar-refractivity contribution is 0.119. The van der Waals surface area contributed by atoms with Crippen molar-refractivity contribution < 1.29 is 4.74 Å². The minimum absolute atomic E-state index is 0.0975. The van der Waals surface area contributed by atoms with Gasteiger partial charge < -0.3 is 14.6 Å². The maximum atomic E-state index is 13.2. The molecule has 0 aliphatic carbocycles. The van der Waals surface area contributed by atoms with Gasteiger partial charge >= 0.3 is 0 Å². The Hall–Kier alpha value is -2.62. The first-order valence-corrected chi connectivity index (χ1v) is 10.3. The molecule has 0 spiro atoms. The number of aryl methyl sites for hydroxylation is 2. The van der Waals surface area contributed by atoms with E-state index >= 15 is 0 Å². The van der Waals surface area contributed by atoms with Gasteiger partial charge in [0.15, 0.2) is 5.82 Å². The Morgan fingerprint density at radius 1 is 1.17 bits per heavy atom. The van der Waals surface area contributed by atoms with Gasteiger partial charge in [-0.3, -0.25) is 9.69 Å². The van der Waals surface area contributed by atoms with Crippen LogP contribution in [0.4, 0.5) is 0 Å². The van der Waals surface area contributed by atoms with Crippen molar-refractivity contribution in [3.63, 3.8) is 0 Å². The zero-order valence-corrected chi connectivity index (χ0v) is 18.1. The van der Waals surface area contributed by atoms with E-state index in [4.69, 9.17) is 4.74 Å². The van der Waals surface area contributed by atoms with E-state index in [1.54, 1.807) is 11.8 Å². The Bertz CT molecular complexity index is 1080. The third-order valence-corrected chi connectivity index (χ3v) is 5.83. The fourth-order valence-electron chi connectivity index (χ4n) is 4.23. The summed E-state index contributed by atoms with van der Waals surface area (Å²) in [6, 6.07) is 5.88. The largest absolute Gasteiger partial charge is 0.383 e. The van der Waals surface area contributed by atoms with E-state index in [-0.39, 0.29) is 11.6 Å². The second-order valence-electron chi connectivity index (χ2n) is 8.09. The SMILES string of the molecule is COCCn1nnnc1C(c1cc2cc(C)cc(C)c2[nH]c1=O)N1CCN(C)CC1. The summed E-state index contributed by atoms with van der Waals surface area (Å²) in [4.78, 5) is 20.9. The standard InChI is InChI=1S/C21H29N7O2/c1-14-11-15(2)18-16(12-14)13-17(21(29)22-18)19(27-7-5-26(3)6-8-27)20-23-24-25-28(20)9-10-30-4/h11-13,19H,5-10H2,1-4H3,(H,22,29). The average molecular weight is 412 g/mol. The number of likely N-dealkylation sites (N-methyl/N-ethyl adjacent to an activating group) is 1. The van der Waals surface area contributed by atoms with Crippen molar-refractivity contribution in [3.05, 3.63) is 51.1 Å². The highest BCUT2D eigenvalue weighted by molar-refractivity contribution is 5.83. The molecule has 1 aromatic carbocycles. The third-order valence-electron chi connectivity index (χ3n) is 5.83. The number of hydrogen-bond donors (Lipinski definition) is 1. The molecule has 160 valence electrons. The molecule has 1 saturated heterocycles. The number of hydrogen-bond acceptors (Lipinski definition) is 7. The quantitative estimate of drug-likeness (QED) is 0.650. The molecule has 1 unspecified atom stereocenters. The minimum atomic E-state index is -0.320. The van der Waals surface area contributed by atoms with Gasteiger partial charge in [-0.25, -0.2) is 4.68 Å². The van der Waals surface area contributed by atoms with Gasteiger partial charge in [-0.05, 0) is 54.4 Å². The molecule has 1 fully saturated rings. The van der Waals surface area contributed by atoms with Crippen LogP contribution in [0.2, 0.25) is 0 Å². The topological polar surface area (TPSA) is 92.2 Å². The molecule has 3 heterocycles. The van der Waals surface area contributed by atoms with Crippen molar-refractivity contribution in [1.82, 2.24) is 35.0 Å². The van der Waals surface area contributed by atoms with Crippen LogP contribution in [0.25, 0.3) is 10.9 Å². The molecular weight excluding hydrogens is 382 g/mol. The van der Waals surface area contributed by atoms with E-state index in [0.717, 1.165) is 42.6 Å². The number of tetrazole rings is 1. The van der Waals surface area contributed by atoms with Crippen LogP contribution in [-0.2, 0) is 11.3 Å². The molecule has 0 amide bonds. The Morgan fingerprint density at radius 2 is 1.93 bits per heavy atom. The normalized spacial score (nSPS) is 16.9. The molecule has 1 N–H and O–H groups in total. The van der Waals surface area contributed by atoms with E-state index in [9.17, 15) is 4.79 Å². The van der Waals surface area contributed by atoms with E-state index in [2.05, 4.69) is 56.4 Å². The smallest absolute Gasteiger partial charge is 0.253 e. The maximum absolute atomic E-state index is 13.2. The molecule has 1 aliphatic heterocycles. The number of nitrogens with one attached hydrogen (secondary N) is 1. The molecule has 0 radical (unpaired) electrons. The molecule has 0 bridgehead atoms. The number of pyridine rings is 1. The molecule has 2 aromatic heterocycles. The number of methoxy groups -OCH3 is 1. The lowest BCUT2D eigenvalue weighted by Gasteiger charge is -2.37. The third kappa shape index (κ3) is 4.00. The molecule has 1 atom stereocenters. The first-order chi connectivity index (χ1) is 14.5. The molecule has 9 heteroatoms.